The quantitative estimate of drug-likeness (QED) is 0.634. The highest BCUT2D eigenvalue weighted by Crippen LogP contribution is 2.50. The smallest absolute Gasteiger partial charge is 0.261 e. The average molecular weight is 414 g/mol. The highest BCUT2D eigenvalue weighted by atomic mass is 35.5. The van der Waals surface area contributed by atoms with E-state index in [1.54, 1.807) is 17.1 Å². The summed E-state index contributed by atoms with van der Waals surface area (Å²) in [6, 6.07) is 13.4. The van der Waals surface area contributed by atoms with Crippen molar-refractivity contribution < 1.29 is 4.79 Å². The molecule has 4 nitrogen and oxygen atoms in total. The molecule has 0 saturated carbocycles. The molecule has 5 rings (SSSR count). The first kappa shape index (κ1) is 18.0. The van der Waals surface area contributed by atoms with Gasteiger partial charge in [0.2, 0.25) is 0 Å². The van der Waals surface area contributed by atoms with Crippen LogP contribution in [0.5, 0.6) is 0 Å². The van der Waals surface area contributed by atoms with Gasteiger partial charge in [0.1, 0.15) is 5.41 Å². The van der Waals surface area contributed by atoms with Crippen molar-refractivity contribution in [1.82, 2.24) is 0 Å². The van der Waals surface area contributed by atoms with Gasteiger partial charge in [-0.3, -0.25) is 4.79 Å². The van der Waals surface area contributed by atoms with Crippen molar-refractivity contribution in [1.29, 1.82) is 0 Å². The molecule has 1 spiro atoms. The molecule has 0 aliphatic carbocycles. The maximum atomic E-state index is 13.8. The van der Waals surface area contributed by atoms with Gasteiger partial charge in [0.05, 0.1) is 11.4 Å². The van der Waals surface area contributed by atoms with Gasteiger partial charge in [-0.2, -0.15) is 10.1 Å². The molecule has 0 N–H and O–H groups in total. The minimum atomic E-state index is -0.624. The number of rotatable bonds is 1. The van der Waals surface area contributed by atoms with Crippen molar-refractivity contribution >= 4 is 46.2 Å². The lowest BCUT2D eigenvalue weighted by Gasteiger charge is -2.51. The Morgan fingerprint density at radius 2 is 1.82 bits per heavy atom. The molecule has 1 fully saturated rings. The maximum absolute atomic E-state index is 13.8. The standard InChI is InChI=1S/C22H21Cl2N3O/c1-14-22(21(28)27(25-14)18-9-7-16(23)8-10-18)13-15-5-6-17(24)12-19(15)26-11-3-2-4-20(22)26/h5-10,12,20H,2-4,11,13H2,1H3. The van der Waals surface area contributed by atoms with E-state index in [4.69, 9.17) is 28.3 Å². The van der Waals surface area contributed by atoms with E-state index in [1.807, 2.05) is 31.2 Å². The highest BCUT2D eigenvalue weighted by molar-refractivity contribution is 6.31. The monoisotopic (exact) mass is 413 g/mol. The Bertz CT molecular complexity index is 988. The molecule has 0 aromatic heterocycles. The van der Waals surface area contributed by atoms with Crippen LogP contribution in [0.4, 0.5) is 11.4 Å². The van der Waals surface area contributed by atoms with Gasteiger partial charge in [0.15, 0.2) is 0 Å². The third kappa shape index (κ3) is 2.51. The number of hydrazone groups is 1. The molecular weight excluding hydrogens is 393 g/mol. The van der Waals surface area contributed by atoms with Gasteiger partial charge in [-0.1, -0.05) is 29.3 Å². The molecule has 6 heteroatoms. The molecule has 1 amide bonds. The number of hydrogen-bond acceptors (Lipinski definition) is 3. The fraction of sp³-hybridized carbons (Fsp3) is 0.364. The summed E-state index contributed by atoms with van der Waals surface area (Å²) in [6.45, 7) is 2.95. The zero-order valence-corrected chi connectivity index (χ0v) is 17.2. The van der Waals surface area contributed by atoms with Gasteiger partial charge >= 0.3 is 0 Å². The normalized spacial score (nSPS) is 26.3. The Morgan fingerprint density at radius 1 is 1.07 bits per heavy atom. The molecule has 2 aromatic rings. The fourth-order valence-corrected chi connectivity index (χ4v) is 5.37. The molecule has 144 valence electrons. The van der Waals surface area contributed by atoms with E-state index >= 15 is 0 Å². The van der Waals surface area contributed by atoms with E-state index in [-0.39, 0.29) is 11.9 Å². The Hall–Kier alpha value is -2.04. The van der Waals surface area contributed by atoms with Crippen LogP contribution in [0.3, 0.4) is 0 Å². The second kappa shape index (κ2) is 6.50. The summed E-state index contributed by atoms with van der Waals surface area (Å²) < 4.78 is 0. The molecule has 28 heavy (non-hydrogen) atoms. The number of anilines is 2. The van der Waals surface area contributed by atoms with Crippen LogP contribution in [0.1, 0.15) is 31.7 Å². The van der Waals surface area contributed by atoms with Crippen molar-refractivity contribution in [3.63, 3.8) is 0 Å². The number of amides is 1. The first-order valence-electron chi connectivity index (χ1n) is 9.71. The van der Waals surface area contributed by atoms with E-state index in [0.29, 0.717) is 11.4 Å². The van der Waals surface area contributed by atoms with Crippen molar-refractivity contribution in [2.75, 3.05) is 16.5 Å². The number of fused-ring (bicyclic) bond motifs is 4. The molecule has 2 aromatic carbocycles. The fourth-order valence-electron chi connectivity index (χ4n) is 5.08. The average Bonchev–Trinajstić information content (AvgIpc) is 2.95. The Morgan fingerprint density at radius 3 is 2.61 bits per heavy atom. The highest BCUT2D eigenvalue weighted by Gasteiger charge is 2.59. The van der Waals surface area contributed by atoms with Gasteiger partial charge in [-0.15, -0.1) is 0 Å². The third-order valence-corrected chi connectivity index (χ3v) is 6.93. The summed E-state index contributed by atoms with van der Waals surface area (Å²) in [5, 5.41) is 7.69. The van der Waals surface area contributed by atoms with Crippen LogP contribution >= 0.6 is 23.2 Å². The van der Waals surface area contributed by atoms with Crippen molar-refractivity contribution in [2.24, 2.45) is 10.5 Å². The predicted octanol–water partition coefficient (Wildman–Crippen LogP) is 5.32. The van der Waals surface area contributed by atoms with Crippen molar-refractivity contribution in [3.05, 3.63) is 58.1 Å². The van der Waals surface area contributed by atoms with Crippen LogP contribution in [0.2, 0.25) is 10.0 Å². The topological polar surface area (TPSA) is 35.9 Å². The molecule has 2 unspecified atom stereocenters. The maximum Gasteiger partial charge on any atom is 0.261 e. The lowest BCUT2D eigenvalue weighted by Crippen LogP contribution is -2.61. The second-order valence-electron chi connectivity index (χ2n) is 7.90. The first-order chi connectivity index (χ1) is 13.5. The number of benzene rings is 2. The molecule has 2 atom stereocenters. The van der Waals surface area contributed by atoms with E-state index in [0.717, 1.165) is 42.2 Å². The van der Waals surface area contributed by atoms with E-state index in [1.165, 1.54) is 11.3 Å². The largest absolute Gasteiger partial charge is 0.367 e. The second-order valence-corrected chi connectivity index (χ2v) is 8.78. The first-order valence-corrected chi connectivity index (χ1v) is 10.5. The minimum absolute atomic E-state index is 0.0600. The van der Waals surface area contributed by atoms with Gasteiger partial charge in [-0.05, 0) is 74.6 Å². The molecule has 0 bridgehead atoms. The zero-order valence-electron chi connectivity index (χ0n) is 15.7. The number of hydrogen-bond donors (Lipinski definition) is 0. The summed E-state index contributed by atoms with van der Waals surface area (Å²) in [4.78, 5) is 16.2. The molecule has 3 aliphatic heterocycles. The molecule has 0 radical (unpaired) electrons. The number of piperidine rings is 1. The Balaban J connectivity index is 1.62. The van der Waals surface area contributed by atoms with Crippen LogP contribution in [-0.4, -0.2) is 24.2 Å². The van der Waals surface area contributed by atoms with E-state index in [9.17, 15) is 4.79 Å². The SMILES string of the molecule is CC1=NN(c2ccc(Cl)cc2)C(=O)C12Cc1ccc(Cl)cc1N1CCCCC12. The number of carbonyl (C=O) groups excluding carboxylic acids is 1. The number of carbonyl (C=O) groups is 1. The zero-order chi connectivity index (χ0) is 19.5. The van der Waals surface area contributed by atoms with Gasteiger partial charge < -0.3 is 4.90 Å². The van der Waals surface area contributed by atoms with E-state index < -0.39 is 5.41 Å². The number of halogens is 2. The summed E-state index contributed by atoms with van der Waals surface area (Å²) in [7, 11) is 0. The molecular formula is C22H21Cl2N3O. The van der Waals surface area contributed by atoms with Gasteiger partial charge in [-0.25, -0.2) is 0 Å². The summed E-state index contributed by atoms with van der Waals surface area (Å²) in [5.41, 5.74) is 3.37. The van der Waals surface area contributed by atoms with Crippen LogP contribution in [-0.2, 0) is 11.2 Å². The van der Waals surface area contributed by atoms with Crippen molar-refractivity contribution in [2.45, 2.75) is 38.6 Å². The van der Waals surface area contributed by atoms with Crippen LogP contribution in [0.15, 0.2) is 47.6 Å². The summed E-state index contributed by atoms with van der Waals surface area (Å²) in [6.07, 6.45) is 3.90. The van der Waals surface area contributed by atoms with E-state index in [2.05, 4.69) is 11.0 Å². The Kier molecular flexibility index (Phi) is 4.18. The summed E-state index contributed by atoms with van der Waals surface area (Å²) >= 11 is 12.3. The summed E-state index contributed by atoms with van der Waals surface area (Å²) in [5.74, 6) is 0.0600. The van der Waals surface area contributed by atoms with Crippen LogP contribution < -0.4 is 9.91 Å². The lowest BCUT2D eigenvalue weighted by molar-refractivity contribution is -0.125. The van der Waals surface area contributed by atoms with Crippen LogP contribution in [0, 0.1) is 5.41 Å². The van der Waals surface area contributed by atoms with Crippen LogP contribution in [0.25, 0.3) is 0 Å². The van der Waals surface area contributed by atoms with Gasteiger partial charge in [0, 0.05) is 28.3 Å². The molecule has 3 heterocycles. The minimum Gasteiger partial charge on any atom is -0.367 e. The third-order valence-electron chi connectivity index (χ3n) is 6.44. The molecule has 1 saturated heterocycles. The van der Waals surface area contributed by atoms with Crippen molar-refractivity contribution in [3.8, 4) is 0 Å². The molecule has 3 aliphatic rings. The Labute approximate surface area is 174 Å². The number of nitrogens with zero attached hydrogens (tertiary/aromatic N) is 3. The van der Waals surface area contributed by atoms with Gasteiger partial charge in [0.25, 0.3) is 5.91 Å². The predicted molar refractivity (Wildman–Crippen MR) is 115 cm³/mol. The lowest BCUT2D eigenvalue weighted by atomic mass is 9.66.